The fourth-order valence-corrected chi connectivity index (χ4v) is 5.55. The van der Waals surface area contributed by atoms with E-state index < -0.39 is 0 Å². The van der Waals surface area contributed by atoms with Gasteiger partial charge in [0.15, 0.2) is 0 Å². The van der Waals surface area contributed by atoms with Crippen LogP contribution in [-0.2, 0) is 0 Å². The topological polar surface area (TPSA) is 3.24 Å². The highest BCUT2D eigenvalue weighted by molar-refractivity contribution is 9.09. The summed E-state index contributed by atoms with van der Waals surface area (Å²) in [4.78, 5) is 2.90. The molecule has 104 valence electrons. The predicted molar refractivity (Wildman–Crippen MR) is 81.2 cm³/mol. The largest absolute Gasteiger partial charge is 0.300 e. The van der Waals surface area contributed by atoms with Gasteiger partial charge in [-0.3, -0.25) is 4.90 Å². The van der Waals surface area contributed by atoms with Gasteiger partial charge in [0.1, 0.15) is 0 Å². The predicted octanol–water partition coefficient (Wildman–Crippen LogP) is 4.60. The van der Waals surface area contributed by atoms with E-state index in [0.29, 0.717) is 5.41 Å². The Morgan fingerprint density at radius 2 is 1.67 bits per heavy atom. The molecule has 3 rings (SSSR count). The van der Waals surface area contributed by atoms with Crippen LogP contribution in [0.4, 0.5) is 0 Å². The second-order valence-electron chi connectivity index (χ2n) is 7.07. The number of piperidine rings is 1. The summed E-state index contributed by atoms with van der Waals surface area (Å²) in [5, 5.41) is 1.23. The molecule has 2 unspecified atom stereocenters. The van der Waals surface area contributed by atoms with Gasteiger partial charge < -0.3 is 0 Å². The molecule has 2 atom stereocenters. The van der Waals surface area contributed by atoms with Crippen LogP contribution >= 0.6 is 15.9 Å². The van der Waals surface area contributed by atoms with Gasteiger partial charge >= 0.3 is 0 Å². The normalized spacial score (nSPS) is 36.5. The third kappa shape index (κ3) is 2.65. The molecule has 0 amide bonds. The Labute approximate surface area is 121 Å². The number of likely N-dealkylation sites (tertiary alicyclic amines) is 1. The lowest BCUT2D eigenvalue weighted by atomic mass is 9.77. The monoisotopic (exact) mass is 313 g/mol. The molecule has 3 aliphatic rings. The molecule has 2 aliphatic carbocycles. The molecular weight excluding hydrogens is 286 g/mol. The second-order valence-corrected chi connectivity index (χ2v) is 7.63. The van der Waals surface area contributed by atoms with Gasteiger partial charge in [-0.2, -0.15) is 0 Å². The molecule has 1 nitrogen and oxygen atoms in total. The van der Waals surface area contributed by atoms with E-state index in [-0.39, 0.29) is 0 Å². The van der Waals surface area contributed by atoms with Crippen LogP contribution in [0.25, 0.3) is 0 Å². The Morgan fingerprint density at radius 3 is 2.44 bits per heavy atom. The molecular formula is C16H28BrN. The van der Waals surface area contributed by atoms with Crippen molar-refractivity contribution in [1.29, 1.82) is 0 Å². The summed E-state index contributed by atoms with van der Waals surface area (Å²) in [6.45, 7) is 2.77. The zero-order valence-corrected chi connectivity index (χ0v) is 13.3. The quantitative estimate of drug-likeness (QED) is 0.688. The summed E-state index contributed by atoms with van der Waals surface area (Å²) >= 11 is 3.82. The van der Waals surface area contributed by atoms with Gasteiger partial charge in [-0.1, -0.05) is 41.6 Å². The van der Waals surface area contributed by atoms with Gasteiger partial charge in [0.05, 0.1) is 0 Å². The van der Waals surface area contributed by atoms with E-state index in [1.54, 1.807) is 0 Å². The van der Waals surface area contributed by atoms with Gasteiger partial charge in [-0.05, 0) is 56.4 Å². The molecule has 3 fully saturated rings. The fourth-order valence-electron chi connectivity index (χ4n) is 4.81. The lowest BCUT2D eigenvalue weighted by Gasteiger charge is -2.47. The SMILES string of the molecule is BrCC1(CN2CCCC3CCCCC32)CCCC1. The Balaban J connectivity index is 1.66. The first-order valence-electron chi connectivity index (χ1n) is 8.13. The maximum atomic E-state index is 3.82. The number of fused-ring (bicyclic) bond motifs is 1. The second kappa shape index (κ2) is 5.83. The van der Waals surface area contributed by atoms with E-state index in [9.17, 15) is 0 Å². The molecule has 0 aromatic carbocycles. The maximum Gasteiger partial charge on any atom is 0.0124 e. The van der Waals surface area contributed by atoms with Gasteiger partial charge in [-0.15, -0.1) is 0 Å². The average Bonchev–Trinajstić information content (AvgIpc) is 2.88. The lowest BCUT2D eigenvalue weighted by molar-refractivity contribution is 0.0307. The van der Waals surface area contributed by atoms with E-state index in [2.05, 4.69) is 20.8 Å². The van der Waals surface area contributed by atoms with Crippen molar-refractivity contribution in [3.63, 3.8) is 0 Å². The highest BCUT2D eigenvalue weighted by Gasteiger charge is 2.39. The molecule has 0 spiro atoms. The van der Waals surface area contributed by atoms with Crippen molar-refractivity contribution in [2.75, 3.05) is 18.4 Å². The maximum absolute atomic E-state index is 3.82. The van der Waals surface area contributed by atoms with Crippen molar-refractivity contribution in [2.45, 2.75) is 70.3 Å². The zero-order valence-electron chi connectivity index (χ0n) is 11.7. The van der Waals surface area contributed by atoms with Crippen molar-refractivity contribution < 1.29 is 0 Å². The molecule has 1 saturated heterocycles. The van der Waals surface area contributed by atoms with Crippen molar-refractivity contribution in [3.8, 4) is 0 Å². The molecule has 0 aromatic heterocycles. The van der Waals surface area contributed by atoms with Crippen LogP contribution in [0.3, 0.4) is 0 Å². The Bertz CT molecular complexity index is 270. The van der Waals surface area contributed by atoms with Gasteiger partial charge in [0.25, 0.3) is 0 Å². The molecule has 0 bridgehead atoms. The van der Waals surface area contributed by atoms with E-state index in [1.165, 1.54) is 82.6 Å². The minimum atomic E-state index is 0.624. The van der Waals surface area contributed by atoms with Crippen LogP contribution in [0.5, 0.6) is 0 Å². The number of halogens is 1. The van der Waals surface area contributed by atoms with Gasteiger partial charge in [0, 0.05) is 17.9 Å². The summed E-state index contributed by atoms with van der Waals surface area (Å²) in [7, 11) is 0. The summed E-state index contributed by atoms with van der Waals surface area (Å²) in [5.41, 5.74) is 0.624. The third-order valence-corrected chi connectivity index (χ3v) is 7.03. The average molecular weight is 314 g/mol. The molecule has 1 heterocycles. The Kier molecular flexibility index (Phi) is 4.35. The molecule has 1 aliphatic heterocycles. The highest BCUT2D eigenvalue weighted by atomic mass is 79.9. The third-order valence-electron chi connectivity index (χ3n) is 5.84. The van der Waals surface area contributed by atoms with Crippen LogP contribution in [0.1, 0.15) is 64.2 Å². The first kappa shape index (κ1) is 13.4. The van der Waals surface area contributed by atoms with Crippen LogP contribution in [0.15, 0.2) is 0 Å². The minimum Gasteiger partial charge on any atom is -0.300 e. The standard InChI is InChI=1S/C16H28BrN/c17-12-16(9-3-4-10-16)13-18-11-5-7-14-6-1-2-8-15(14)18/h14-15H,1-13H2. The molecule has 2 saturated carbocycles. The van der Waals surface area contributed by atoms with E-state index in [4.69, 9.17) is 0 Å². The Hall–Kier alpha value is 0.440. The van der Waals surface area contributed by atoms with Gasteiger partial charge in [0.2, 0.25) is 0 Å². The van der Waals surface area contributed by atoms with Crippen molar-refractivity contribution in [2.24, 2.45) is 11.3 Å². The number of nitrogens with zero attached hydrogens (tertiary/aromatic N) is 1. The molecule has 2 heteroatoms. The summed E-state index contributed by atoms with van der Waals surface area (Å²) < 4.78 is 0. The van der Waals surface area contributed by atoms with Crippen LogP contribution < -0.4 is 0 Å². The minimum absolute atomic E-state index is 0.624. The zero-order chi connectivity index (χ0) is 12.4. The lowest BCUT2D eigenvalue weighted by Crippen LogP contribution is -2.50. The Morgan fingerprint density at radius 1 is 0.944 bits per heavy atom. The highest BCUT2D eigenvalue weighted by Crippen LogP contribution is 2.43. The van der Waals surface area contributed by atoms with E-state index in [0.717, 1.165) is 12.0 Å². The fraction of sp³-hybridized carbons (Fsp3) is 1.00. The van der Waals surface area contributed by atoms with Gasteiger partial charge in [-0.25, -0.2) is 0 Å². The summed E-state index contributed by atoms with van der Waals surface area (Å²) in [5.74, 6) is 1.04. The van der Waals surface area contributed by atoms with Crippen molar-refractivity contribution in [1.82, 2.24) is 4.90 Å². The van der Waals surface area contributed by atoms with Crippen molar-refractivity contribution in [3.05, 3.63) is 0 Å². The number of hydrogen-bond donors (Lipinski definition) is 0. The summed E-state index contributed by atoms with van der Waals surface area (Å²) in [6.07, 6.45) is 14.8. The molecule has 0 radical (unpaired) electrons. The first-order chi connectivity index (χ1) is 8.83. The van der Waals surface area contributed by atoms with Crippen LogP contribution in [0.2, 0.25) is 0 Å². The summed E-state index contributed by atoms with van der Waals surface area (Å²) in [6, 6.07) is 0.948. The van der Waals surface area contributed by atoms with Crippen molar-refractivity contribution >= 4 is 15.9 Å². The van der Waals surface area contributed by atoms with E-state index >= 15 is 0 Å². The smallest absolute Gasteiger partial charge is 0.0124 e. The molecule has 0 aromatic rings. The van der Waals surface area contributed by atoms with Crippen LogP contribution in [0, 0.1) is 11.3 Å². The number of rotatable bonds is 3. The molecule has 18 heavy (non-hydrogen) atoms. The number of hydrogen-bond acceptors (Lipinski definition) is 1. The first-order valence-corrected chi connectivity index (χ1v) is 9.25. The van der Waals surface area contributed by atoms with E-state index in [1.807, 2.05) is 0 Å². The van der Waals surface area contributed by atoms with Crippen LogP contribution in [-0.4, -0.2) is 29.4 Å². The molecule has 0 N–H and O–H groups in total. The number of alkyl halides is 1.